The Morgan fingerprint density at radius 2 is 2.19 bits per heavy atom. The third-order valence-corrected chi connectivity index (χ3v) is 3.16. The molecule has 0 fully saturated rings. The van der Waals surface area contributed by atoms with Crippen molar-refractivity contribution in [2.45, 2.75) is 39.5 Å². The molecule has 0 radical (unpaired) electrons. The van der Waals surface area contributed by atoms with Crippen LogP contribution in [0.5, 0.6) is 11.5 Å². The van der Waals surface area contributed by atoms with Crippen LogP contribution in [0.25, 0.3) is 0 Å². The van der Waals surface area contributed by atoms with Gasteiger partial charge in [-0.05, 0) is 44.0 Å². The molecule has 6 heteroatoms. The Labute approximate surface area is 124 Å². The third-order valence-electron chi connectivity index (χ3n) is 3.16. The van der Waals surface area contributed by atoms with E-state index in [9.17, 15) is 0 Å². The van der Waals surface area contributed by atoms with E-state index in [2.05, 4.69) is 10.1 Å². The van der Waals surface area contributed by atoms with E-state index in [1.165, 1.54) is 0 Å². The molecule has 0 bridgehead atoms. The molecule has 1 aromatic heterocycles. The van der Waals surface area contributed by atoms with Crippen molar-refractivity contribution in [2.75, 3.05) is 7.11 Å². The molecule has 21 heavy (non-hydrogen) atoms. The Hall–Kier alpha value is -2.08. The third kappa shape index (κ3) is 3.95. The maximum atomic E-state index is 5.90. The summed E-state index contributed by atoms with van der Waals surface area (Å²) in [5, 5.41) is 4.13. The maximum absolute atomic E-state index is 5.90. The Kier molecular flexibility index (Phi) is 5.16. The molecule has 0 spiro atoms. The first-order chi connectivity index (χ1) is 10.1. The first-order valence-electron chi connectivity index (χ1n) is 7.06. The van der Waals surface area contributed by atoms with Crippen molar-refractivity contribution < 1.29 is 9.47 Å². The second-order valence-electron chi connectivity index (χ2n) is 4.94. The Balaban J connectivity index is 2.14. The highest BCUT2D eigenvalue weighted by atomic mass is 16.5. The molecule has 1 atom stereocenters. The summed E-state index contributed by atoms with van der Waals surface area (Å²) in [4.78, 5) is 4.20. The van der Waals surface area contributed by atoms with E-state index in [1.807, 2.05) is 36.7 Å². The van der Waals surface area contributed by atoms with Crippen molar-refractivity contribution in [2.24, 2.45) is 5.73 Å². The van der Waals surface area contributed by atoms with Crippen LogP contribution in [0.2, 0.25) is 0 Å². The summed E-state index contributed by atoms with van der Waals surface area (Å²) in [6.07, 6.45) is 2.27. The monoisotopic (exact) mass is 290 g/mol. The minimum Gasteiger partial charge on any atom is -0.497 e. The number of aromatic nitrogens is 3. The van der Waals surface area contributed by atoms with Gasteiger partial charge in [-0.3, -0.25) is 0 Å². The predicted molar refractivity (Wildman–Crippen MR) is 80.4 cm³/mol. The van der Waals surface area contributed by atoms with Crippen molar-refractivity contribution in [3.05, 3.63) is 35.9 Å². The maximum Gasteiger partial charge on any atom is 0.164 e. The van der Waals surface area contributed by atoms with Crippen LogP contribution in [0.1, 0.15) is 25.2 Å². The van der Waals surface area contributed by atoms with E-state index in [0.29, 0.717) is 6.61 Å². The van der Waals surface area contributed by atoms with Crippen LogP contribution < -0.4 is 15.2 Å². The second-order valence-corrected chi connectivity index (χ2v) is 4.94. The predicted octanol–water partition coefficient (Wildman–Crippen LogP) is 1.78. The number of hydrogen-bond donors (Lipinski definition) is 1. The Bertz CT molecular complexity index is 581. The largest absolute Gasteiger partial charge is 0.497 e. The topological polar surface area (TPSA) is 75.2 Å². The summed E-state index contributed by atoms with van der Waals surface area (Å²) in [5.74, 6) is 2.41. The molecule has 0 aliphatic rings. The molecule has 0 amide bonds. The van der Waals surface area contributed by atoms with E-state index in [1.54, 1.807) is 13.4 Å². The van der Waals surface area contributed by atoms with E-state index in [-0.39, 0.29) is 6.04 Å². The number of aryl methyl sites for hydroxylation is 1. The Morgan fingerprint density at radius 3 is 2.86 bits per heavy atom. The number of methoxy groups -OCH3 is 1. The number of nitrogens with two attached hydrogens (primary N) is 1. The lowest BCUT2D eigenvalue weighted by Gasteiger charge is -2.14. The summed E-state index contributed by atoms with van der Waals surface area (Å²) < 4.78 is 13.0. The summed E-state index contributed by atoms with van der Waals surface area (Å²) in [5.41, 5.74) is 6.93. The van der Waals surface area contributed by atoms with Crippen LogP contribution >= 0.6 is 0 Å². The molecule has 0 aliphatic heterocycles. The fraction of sp³-hybridized carbons (Fsp3) is 0.467. The quantitative estimate of drug-likeness (QED) is 0.841. The van der Waals surface area contributed by atoms with Gasteiger partial charge in [0, 0.05) is 12.6 Å². The standard InChI is InChI=1S/C15H22N4O2/c1-4-19-15(17-10-18-19)9-21-14-6-5-13(20-3)8-12(14)7-11(2)16/h5-6,8,10-11H,4,7,9,16H2,1-3H3. The van der Waals surface area contributed by atoms with Gasteiger partial charge in [0.25, 0.3) is 0 Å². The molecule has 2 N–H and O–H groups in total. The highest BCUT2D eigenvalue weighted by molar-refractivity contribution is 5.40. The molecular formula is C15H22N4O2. The van der Waals surface area contributed by atoms with E-state index in [0.717, 1.165) is 35.9 Å². The normalized spacial score (nSPS) is 12.2. The van der Waals surface area contributed by atoms with Crippen molar-refractivity contribution in [3.63, 3.8) is 0 Å². The summed E-state index contributed by atoms with van der Waals surface area (Å²) in [6.45, 7) is 5.14. The summed E-state index contributed by atoms with van der Waals surface area (Å²) >= 11 is 0. The van der Waals surface area contributed by atoms with Gasteiger partial charge in [-0.1, -0.05) is 0 Å². The van der Waals surface area contributed by atoms with Gasteiger partial charge in [0.2, 0.25) is 0 Å². The van der Waals surface area contributed by atoms with Gasteiger partial charge in [0.05, 0.1) is 7.11 Å². The number of hydrogen-bond acceptors (Lipinski definition) is 5. The average Bonchev–Trinajstić information content (AvgIpc) is 2.92. The minimum absolute atomic E-state index is 0.0544. The average molecular weight is 290 g/mol. The molecule has 0 aliphatic carbocycles. The lowest BCUT2D eigenvalue weighted by Crippen LogP contribution is -2.18. The molecule has 6 nitrogen and oxygen atoms in total. The lowest BCUT2D eigenvalue weighted by molar-refractivity contribution is 0.283. The van der Waals surface area contributed by atoms with Crippen LogP contribution in [0.15, 0.2) is 24.5 Å². The SMILES string of the molecule is CCn1ncnc1COc1ccc(OC)cc1CC(C)N. The number of rotatable bonds is 7. The van der Waals surface area contributed by atoms with Crippen molar-refractivity contribution in [3.8, 4) is 11.5 Å². The van der Waals surface area contributed by atoms with Crippen LogP contribution in [0, 0.1) is 0 Å². The van der Waals surface area contributed by atoms with Crippen LogP contribution in [0.3, 0.4) is 0 Å². The number of benzene rings is 1. The van der Waals surface area contributed by atoms with Gasteiger partial charge in [0.15, 0.2) is 5.82 Å². The number of ether oxygens (including phenoxy) is 2. The molecule has 1 heterocycles. The molecule has 114 valence electrons. The second kappa shape index (κ2) is 7.08. The smallest absolute Gasteiger partial charge is 0.164 e. The van der Waals surface area contributed by atoms with Gasteiger partial charge < -0.3 is 15.2 Å². The molecule has 0 saturated carbocycles. The van der Waals surface area contributed by atoms with E-state index < -0.39 is 0 Å². The summed E-state index contributed by atoms with van der Waals surface area (Å²) in [7, 11) is 1.65. The van der Waals surface area contributed by atoms with Crippen molar-refractivity contribution in [1.82, 2.24) is 14.8 Å². The lowest BCUT2D eigenvalue weighted by atomic mass is 10.1. The zero-order chi connectivity index (χ0) is 15.2. The van der Waals surface area contributed by atoms with E-state index in [4.69, 9.17) is 15.2 Å². The molecule has 2 rings (SSSR count). The van der Waals surface area contributed by atoms with Crippen molar-refractivity contribution >= 4 is 0 Å². The van der Waals surface area contributed by atoms with Crippen LogP contribution in [-0.2, 0) is 19.6 Å². The zero-order valence-electron chi connectivity index (χ0n) is 12.7. The molecule has 1 aromatic carbocycles. The fourth-order valence-corrected chi connectivity index (χ4v) is 2.14. The fourth-order valence-electron chi connectivity index (χ4n) is 2.14. The van der Waals surface area contributed by atoms with Crippen LogP contribution in [0.4, 0.5) is 0 Å². The van der Waals surface area contributed by atoms with E-state index >= 15 is 0 Å². The Morgan fingerprint density at radius 1 is 1.38 bits per heavy atom. The van der Waals surface area contributed by atoms with Crippen molar-refractivity contribution in [1.29, 1.82) is 0 Å². The van der Waals surface area contributed by atoms with Gasteiger partial charge >= 0.3 is 0 Å². The first kappa shape index (κ1) is 15.3. The first-order valence-corrected chi connectivity index (χ1v) is 7.06. The van der Waals surface area contributed by atoms with Gasteiger partial charge in [-0.15, -0.1) is 0 Å². The van der Waals surface area contributed by atoms with Gasteiger partial charge in [0.1, 0.15) is 24.4 Å². The zero-order valence-corrected chi connectivity index (χ0v) is 12.7. The van der Waals surface area contributed by atoms with Gasteiger partial charge in [-0.2, -0.15) is 5.10 Å². The molecule has 2 aromatic rings. The minimum atomic E-state index is 0.0544. The highest BCUT2D eigenvalue weighted by Crippen LogP contribution is 2.26. The molecular weight excluding hydrogens is 268 g/mol. The number of nitrogens with zero attached hydrogens (tertiary/aromatic N) is 3. The molecule has 1 unspecified atom stereocenters. The van der Waals surface area contributed by atoms with Gasteiger partial charge in [-0.25, -0.2) is 9.67 Å². The van der Waals surface area contributed by atoms with Crippen LogP contribution in [-0.4, -0.2) is 27.9 Å². The molecule has 0 saturated heterocycles. The summed E-state index contributed by atoms with van der Waals surface area (Å²) in [6, 6.07) is 5.80. The highest BCUT2D eigenvalue weighted by Gasteiger charge is 2.10.